The molecule has 1 aliphatic rings. The summed E-state index contributed by atoms with van der Waals surface area (Å²) in [7, 11) is -3.81. The van der Waals surface area contributed by atoms with E-state index in [0.29, 0.717) is 23.7 Å². The lowest BCUT2D eigenvalue weighted by Gasteiger charge is -2.39. The second kappa shape index (κ2) is 6.59. The largest absolute Gasteiger partial charge is 0.484 e. The average molecular weight is 439 g/mol. The zero-order valence-corrected chi connectivity index (χ0v) is 17.0. The monoisotopic (exact) mass is 438 g/mol. The van der Waals surface area contributed by atoms with Crippen LogP contribution < -0.4 is 14.4 Å². The number of ether oxygens (including phenoxy) is 1. The van der Waals surface area contributed by atoms with E-state index in [0.717, 1.165) is 4.47 Å². The Labute approximate surface area is 161 Å². The van der Waals surface area contributed by atoms with Crippen LogP contribution in [-0.4, -0.2) is 26.5 Å². The molecule has 0 unspecified atom stereocenters. The van der Waals surface area contributed by atoms with Crippen LogP contribution in [0.5, 0.6) is 5.75 Å². The van der Waals surface area contributed by atoms with Gasteiger partial charge in [0, 0.05) is 17.1 Å². The maximum absolute atomic E-state index is 12.7. The Morgan fingerprint density at radius 3 is 2.62 bits per heavy atom. The molecule has 0 aliphatic carbocycles. The van der Waals surface area contributed by atoms with Crippen molar-refractivity contribution in [3.05, 3.63) is 46.9 Å². The molecule has 1 heterocycles. The van der Waals surface area contributed by atoms with Crippen LogP contribution in [0.2, 0.25) is 0 Å². The Balaban J connectivity index is 2.00. The van der Waals surface area contributed by atoms with Gasteiger partial charge in [-0.25, -0.2) is 8.42 Å². The van der Waals surface area contributed by atoms with Crippen molar-refractivity contribution >= 4 is 43.2 Å². The number of benzene rings is 2. The van der Waals surface area contributed by atoms with Gasteiger partial charge in [-0.1, -0.05) is 22.0 Å². The molecule has 1 N–H and O–H groups in total. The molecule has 2 aromatic rings. The third-order valence-corrected chi connectivity index (χ3v) is 5.79. The zero-order chi connectivity index (χ0) is 19.1. The first-order valence-corrected chi connectivity index (χ1v) is 10.2. The normalized spacial score (nSPS) is 15.8. The van der Waals surface area contributed by atoms with Crippen molar-refractivity contribution in [2.75, 3.05) is 16.2 Å². The Bertz CT molecular complexity index is 973. The van der Waals surface area contributed by atoms with Gasteiger partial charge in [0.25, 0.3) is 10.0 Å². The Kier molecular flexibility index (Phi) is 4.74. The number of sulfonamides is 1. The highest BCUT2D eigenvalue weighted by Crippen LogP contribution is 2.38. The maximum Gasteiger partial charge on any atom is 0.261 e. The van der Waals surface area contributed by atoms with Crippen LogP contribution >= 0.6 is 15.9 Å². The third kappa shape index (κ3) is 3.86. The van der Waals surface area contributed by atoms with Gasteiger partial charge < -0.3 is 9.64 Å². The van der Waals surface area contributed by atoms with Crippen LogP contribution in [-0.2, 0) is 14.8 Å². The fourth-order valence-corrected chi connectivity index (χ4v) is 4.27. The van der Waals surface area contributed by atoms with Gasteiger partial charge in [0.1, 0.15) is 11.4 Å². The molecule has 138 valence electrons. The summed E-state index contributed by atoms with van der Waals surface area (Å²) in [4.78, 5) is 13.6. The van der Waals surface area contributed by atoms with Crippen molar-refractivity contribution in [3.8, 4) is 5.75 Å². The predicted octanol–water partition coefficient (Wildman–Crippen LogP) is 3.77. The number of fused-ring (bicyclic) bond motifs is 1. The second-order valence-electron chi connectivity index (χ2n) is 6.71. The van der Waals surface area contributed by atoms with E-state index >= 15 is 0 Å². The first kappa shape index (κ1) is 18.7. The number of nitrogens with zero attached hydrogens (tertiary/aromatic N) is 1. The van der Waals surface area contributed by atoms with Crippen molar-refractivity contribution in [3.63, 3.8) is 0 Å². The molecule has 8 heteroatoms. The van der Waals surface area contributed by atoms with E-state index in [9.17, 15) is 13.2 Å². The van der Waals surface area contributed by atoms with Gasteiger partial charge in [0.05, 0.1) is 17.1 Å². The van der Waals surface area contributed by atoms with Crippen LogP contribution in [0.15, 0.2) is 51.8 Å². The first-order valence-electron chi connectivity index (χ1n) is 7.97. The molecule has 0 aromatic heterocycles. The topological polar surface area (TPSA) is 75.7 Å². The molecular formula is C18H19BrN2O4S. The van der Waals surface area contributed by atoms with Crippen LogP contribution in [0.4, 0.5) is 11.4 Å². The number of anilines is 2. The number of rotatable bonds is 3. The molecule has 0 spiro atoms. The van der Waals surface area contributed by atoms with Gasteiger partial charge in [-0.3, -0.25) is 9.52 Å². The summed E-state index contributed by atoms with van der Waals surface area (Å²) in [5.41, 5.74) is 0.347. The fraction of sp³-hybridized carbons (Fsp3) is 0.278. The fourth-order valence-electron chi connectivity index (χ4n) is 2.80. The molecule has 2 aromatic carbocycles. The van der Waals surface area contributed by atoms with Crippen LogP contribution in [0.1, 0.15) is 20.8 Å². The van der Waals surface area contributed by atoms with E-state index in [2.05, 4.69) is 20.7 Å². The lowest BCUT2D eigenvalue weighted by atomic mass is 10.1. The molecule has 1 amide bonds. The number of carbonyl (C=O) groups is 1. The lowest BCUT2D eigenvalue weighted by molar-refractivity contribution is -0.117. The van der Waals surface area contributed by atoms with E-state index in [1.54, 1.807) is 30.3 Å². The summed E-state index contributed by atoms with van der Waals surface area (Å²) in [5.74, 6) is 0.315. The van der Waals surface area contributed by atoms with Gasteiger partial charge >= 0.3 is 0 Å². The maximum atomic E-state index is 12.7. The molecule has 0 saturated carbocycles. The van der Waals surface area contributed by atoms with Crippen molar-refractivity contribution < 1.29 is 17.9 Å². The first-order chi connectivity index (χ1) is 12.1. The van der Waals surface area contributed by atoms with Gasteiger partial charge in [-0.05, 0) is 50.2 Å². The highest BCUT2D eigenvalue weighted by Gasteiger charge is 2.34. The van der Waals surface area contributed by atoms with E-state index < -0.39 is 15.6 Å². The quantitative estimate of drug-likeness (QED) is 0.790. The molecule has 26 heavy (non-hydrogen) atoms. The summed E-state index contributed by atoms with van der Waals surface area (Å²) >= 11 is 3.31. The number of amides is 1. The van der Waals surface area contributed by atoms with Gasteiger partial charge in [0.15, 0.2) is 0 Å². The zero-order valence-electron chi connectivity index (χ0n) is 14.6. The molecule has 0 fully saturated rings. The number of hydrogen-bond donors (Lipinski definition) is 1. The SMILES string of the molecule is CC(=O)N1CC(C)(C)Oc2ccc(S(=O)(=O)Nc3cccc(Br)c3)cc21. The average Bonchev–Trinajstić information content (AvgIpc) is 2.52. The lowest BCUT2D eigenvalue weighted by Crippen LogP contribution is -2.48. The van der Waals surface area contributed by atoms with Crippen molar-refractivity contribution in [2.45, 2.75) is 31.3 Å². The van der Waals surface area contributed by atoms with E-state index in [1.165, 1.54) is 24.0 Å². The van der Waals surface area contributed by atoms with Crippen molar-refractivity contribution in [2.24, 2.45) is 0 Å². The minimum atomic E-state index is -3.81. The number of carbonyl (C=O) groups excluding carboxylic acids is 1. The standard InChI is InChI=1S/C18H19BrN2O4S/c1-12(22)21-11-18(2,3)25-17-8-7-15(10-16(17)21)26(23,24)20-14-6-4-5-13(19)9-14/h4-10,20H,11H2,1-3H3. The Morgan fingerprint density at radius 2 is 1.96 bits per heavy atom. The van der Waals surface area contributed by atoms with E-state index in [4.69, 9.17) is 4.74 Å². The Hall–Kier alpha value is -2.06. The molecule has 1 aliphatic heterocycles. The Morgan fingerprint density at radius 1 is 1.23 bits per heavy atom. The summed E-state index contributed by atoms with van der Waals surface area (Å²) in [6.45, 7) is 5.56. The summed E-state index contributed by atoms with van der Waals surface area (Å²) in [6, 6.07) is 11.4. The third-order valence-electron chi connectivity index (χ3n) is 3.91. The van der Waals surface area contributed by atoms with Crippen LogP contribution in [0, 0.1) is 0 Å². The second-order valence-corrected chi connectivity index (χ2v) is 9.31. The summed E-state index contributed by atoms with van der Waals surface area (Å²) in [5, 5.41) is 0. The smallest absolute Gasteiger partial charge is 0.261 e. The molecule has 0 saturated heterocycles. The molecule has 0 bridgehead atoms. The number of halogens is 1. The highest BCUT2D eigenvalue weighted by molar-refractivity contribution is 9.10. The predicted molar refractivity (Wildman–Crippen MR) is 104 cm³/mol. The van der Waals surface area contributed by atoms with Crippen LogP contribution in [0.3, 0.4) is 0 Å². The van der Waals surface area contributed by atoms with Gasteiger partial charge in [-0.2, -0.15) is 0 Å². The molecule has 3 rings (SSSR count). The van der Waals surface area contributed by atoms with E-state index in [1.807, 2.05) is 13.8 Å². The van der Waals surface area contributed by atoms with Crippen molar-refractivity contribution in [1.82, 2.24) is 0 Å². The molecular weight excluding hydrogens is 420 g/mol. The van der Waals surface area contributed by atoms with E-state index in [-0.39, 0.29) is 10.8 Å². The molecule has 0 radical (unpaired) electrons. The van der Waals surface area contributed by atoms with Gasteiger partial charge in [-0.15, -0.1) is 0 Å². The minimum absolute atomic E-state index is 0.0609. The minimum Gasteiger partial charge on any atom is -0.484 e. The number of hydrogen-bond acceptors (Lipinski definition) is 4. The summed E-state index contributed by atoms with van der Waals surface area (Å²) in [6.07, 6.45) is 0. The molecule has 6 nitrogen and oxygen atoms in total. The van der Waals surface area contributed by atoms with Crippen LogP contribution in [0.25, 0.3) is 0 Å². The summed E-state index contributed by atoms with van der Waals surface area (Å²) < 4.78 is 34.7. The highest BCUT2D eigenvalue weighted by atomic mass is 79.9. The number of nitrogens with one attached hydrogen (secondary N) is 1. The van der Waals surface area contributed by atoms with Gasteiger partial charge in [0.2, 0.25) is 5.91 Å². The van der Waals surface area contributed by atoms with Crippen molar-refractivity contribution in [1.29, 1.82) is 0 Å². The molecule has 0 atom stereocenters.